The molecule has 0 fully saturated rings. The van der Waals surface area contributed by atoms with E-state index in [0.29, 0.717) is 5.56 Å². The van der Waals surface area contributed by atoms with Gasteiger partial charge in [-0.2, -0.15) is 0 Å². The minimum Gasteiger partial charge on any atom is -0.494 e. The van der Waals surface area contributed by atoms with Gasteiger partial charge in [0.15, 0.2) is 11.6 Å². The molecule has 0 saturated carbocycles. The summed E-state index contributed by atoms with van der Waals surface area (Å²) in [6, 6.07) is 5.00. The lowest BCUT2D eigenvalue weighted by atomic mass is 10.00. The third-order valence-electron chi connectivity index (χ3n) is 3.14. The quantitative estimate of drug-likeness (QED) is 0.425. The lowest BCUT2D eigenvalue weighted by molar-refractivity contribution is 0.376. The second kappa shape index (κ2) is 8.06. The number of ether oxygens (including phenoxy) is 1. The number of hydrazine groups is 1. The Labute approximate surface area is 108 Å². The highest BCUT2D eigenvalue weighted by Gasteiger charge is 2.16. The summed E-state index contributed by atoms with van der Waals surface area (Å²) in [4.78, 5) is 0. The zero-order valence-electron chi connectivity index (χ0n) is 11.2. The van der Waals surface area contributed by atoms with Crippen LogP contribution in [0, 0.1) is 5.82 Å². The van der Waals surface area contributed by atoms with Crippen LogP contribution >= 0.6 is 0 Å². The van der Waals surface area contributed by atoms with E-state index in [1.165, 1.54) is 20.0 Å². The van der Waals surface area contributed by atoms with Crippen LogP contribution in [0.1, 0.15) is 50.6 Å². The van der Waals surface area contributed by atoms with Gasteiger partial charge >= 0.3 is 0 Å². The standard InChI is InChI=1S/C14H23FN2O/c1-3-4-5-6-9-12(17-16)11-8-7-10-13(18-2)14(11)15/h7-8,10,12,17H,3-6,9,16H2,1-2H3. The molecule has 0 spiro atoms. The molecule has 0 aliphatic carbocycles. The van der Waals surface area contributed by atoms with E-state index in [1.807, 2.05) is 0 Å². The summed E-state index contributed by atoms with van der Waals surface area (Å²) >= 11 is 0. The van der Waals surface area contributed by atoms with Crippen LogP contribution in [-0.4, -0.2) is 7.11 Å². The first-order valence-corrected chi connectivity index (χ1v) is 6.53. The van der Waals surface area contributed by atoms with Gasteiger partial charge in [0, 0.05) is 11.6 Å². The lowest BCUT2D eigenvalue weighted by Crippen LogP contribution is -2.28. The molecule has 0 aromatic heterocycles. The Hall–Kier alpha value is -1.13. The lowest BCUT2D eigenvalue weighted by Gasteiger charge is -2.18. The van der Waals surface area contributed by atoms with Crippen molar-refractivity contribution in [2.45, 2.75) is 45.1 Å². The minimum absolute atomic E-state index is 0.156. The van der Waals surface area contributed by atoms with E-state index in [1.54, 1.807) is 18.2 Å². The second-order valence-electron chi connectivity index (χ2n) is 4.43. The van der Waals surface area contributed by atoms with E-state index in [4.69, 9.17) is 10.6 Å². The van der Waals surface area contributed by atoms with Crippen LogP contribution in [0.25, 0.3) is 0 Å². The van der Waals surface area contributed by atoms with Gasteiger partial charge in [-0.05, 0) is 12.5 Å². The van der Waals surface area contributed by atoms with Gasteiger partial charge < -0.3 is 4.74 Å². The van der Waals surface area contributed by atoms with E-state index < -0.39 is 0 Å². The van der Waals surface area contributed by atoms with E-state index in [9.17, 15) is 4.39 Å². The van der Waals surface area contributed by atoms with Crippen LogP contribution in [0.4, 0.5) is 4.39 Å². The summed E-state index contributed by atoms with van der Waals surface area (Å²) in [7, 11) is 1.47. The molecule has 3 N–H and O–H groups in total. The Morgan fingerprint density at radius 3 is 2.72 bits per heavy atom. The molecule has 102 valence electrons. The Kier molecular flexibility index (Phi) is 6.68. The molecule has 1 atom stereocenters. The molecule has 1 unspecified atom stereocenters. The summed E-state index contributed by atoms with van der Waals surface area (Å²) in [5.74, 6) is 5.47. The fourth-order valence-corrected chi connectivity index (χ4v) is 2.06. The fraction of sp³-hybridized carbons (Fsp3) is 0.571. The largest absolute Gasteiger partial charge is 0.494 e. The molecule has 0 radical (unpaired) electrons. The Morgan fingerprint density at radius 2 is 2.11 bits per heavy atom. The van der Waals surface area contributed by atoms with Gasteiger partial charge in [0.25, 0.3) is 0 Å². The SMILES string of the molecule is CCCCCCC(NN)c1cccc(OC)c1F. The summed E-state index contributed by atoms with van der Waals surface area (Å²) < 4.78 is 19.0. The van der Waals surface area contributed by atoms with Crippen molar-refractivity contribution in [3.8, 4) is 5.75 Å². The van der Waals surface area contributed by atoms with Gasteiger partial charge in [0.2, 0.25) is 0 Å². The Balaban J connectivity index is 2.69. The minimum atomic E-state index is -0.321. The van der Waals surface area contributed by atoms with E-state index in [2.05, 4.69) is 12.3 Å². The first kappa shape index (κ1) is 14.9. The van der Waals surface area contributed by atoms with E-state index in [-0.39, 0.29) is 17.6 Å². The predicted molar refractivity (Wildman–Crippen MR) is 71.8 cm³/mol. The average molecular weight is 254 g/mol. The first-order valence-electron chi connectivity index (χ1n) is 6.53. The Bertz CT molecular complexity index is 358. The van der Waals surface area contributed by atoms with Gasteiger partial charge in [-0.25, -0.2) is 4.39 Å². The number of benzene rings is 1. The number of methoxy groups -OCH3 is 1. The zero-order chi connectivity index (χ0) is 13.4. The van der Waals surface area contributed by atoms with E-state index >= 15 is 0 Å². The molecule has 0 bridgehead atoms. The van der Waals surface area contributed by atoms with Gasteiger partial charge in [-0.3, -0.25) is 11.3 Å². The van der Waals surface area contributed by atoms with Crippen LogP contribution < -0.4 is 16.0 Å². The van der Waals surface area contributed by atoms with Gasteiger partial charge in [-0.1, -0.05) is 44.7 Å². The van der Waals surface area contributed by atoms with Gasteiger partial charge in [0.1, 0.15) is 0 Å². The molecular formula is C14H23FN2O. The summed E-state index contributed by atoms with van der Waals surface area (Å²) in [6.07, 6.45) is 5.42. The molecule has 1 aromatic carbocycles. The first-order chi connectivity index (χ1) is 8.74. The van der Waals surface area contributed by atoms with Crippen LogP contribution in [0.5, 0.6) is 5.75 Å². The predicted octanol–water partition coefficient (Wildman–Crippen LogP) is 3.31. The number of hydrogen-bond acceptors (Lipinski definition) is 3. The third-order valence-corrected chi connectivity index (χ3v) is 3.14. The highest BCUT2D eigenvalue weighted by molar-refractivity contribution is 5.32. The average Bonchev–Trinajstić information content (AvgIpc) is 2.40. The van der Waals surface area contributed by atoms with Gasteiger partial charge in [0.05, 0.1) is 7.11 Å². The van der Waals surface area contributed by atoms with Gasteiger partial charge in [-0.15, -0.1) is 0 Å². The molecule has 18 heavy (non-hydrogen) atoms. The molecule has 3 nitrogen and oxygen atoms in total. The molecule has 0 saturated heterocycles. The maximum atomic E-state index is 14.1. The van der Waals surface area contributed by atoms with Crippen molar-refractivity contribution in [2.75, 3.05) is 7.11 Å². The molecule has 0 aliphatic heterocycles. The van der Waals surface area contributed by atoms with Crippen molar-refractivity contribution in [3.05, 3.63) is 29.6 Å². The van der Waals surface area contributed by atoms with Crippen LogP contribution in [0.2, 0.25) is 0 Å². The number of nitrogens with two attached hydrogens (primary N) is 1. The molecule has 1 aromatic rings. The number of unbranched alkanes of at least 4 members (excludes halogenated alkanes) is 3. The maximum absolute atomic E-state index is 14.1. The highest BCUT2D eigenvalue weighted by atomic mass is 19.1. The molecule has 0 heterocycles. The number of rotatable bonds is 8. The van der Waals surface area contributed by atoms with Crippen molar-refractivity contribution in [2.24, 2.45) is 5.84 Å². The van der Waals surface area contributed by atoms with Crippen molar-refractivity contribution >= 4 is 0 Å². The van der Waals surface area contributed by atoms with Crippen molar-refractivity contribution in [1.82, 2.24) is 5.43 Å². The Morgan fingerprint density at radius 1 is 1.33 bits per heavy atom. The van der Waals surface area contributed by atoms with Crippen LogP contribution in [0.3, 0.4) is 0 Å². The van der Waals surface area contributed by atoms with Crippen molar-refractivity contribution in [3.63, 3.8) is 0 Å². The fourth-order valence-electron chi connectivity index (χ4n) is 2.06. The maximum Gasteiger partial charge on any atom is 0.169 e. The summed E-state index contributed by atoms with van der Waals surface area (Å²) in [6.45, 7) is 2.17. The molecule has 1 rings (SSSR count). The molecular weight excluding hydrogens is 231 g/mol. The topological polar surface area (TPSA) is 47.3 Å². The normalized spacial score (nSPS) is 12.4. The number of hydrogen-bond donors (Lipinski definition) is 2. The van der Waals surface area contributed by atoms with Crippen LogP contribution in [-0.2, 0) is 0 Å². The molecule has 0 amide bonds. The van der Waals surface area contributed by atoms with E-state index in [0.717, 1.165) is 19.3 Å². The van der Waals surface area contributed by atoms with Crippen LogP contribution in [0.15, 0.2) is 18.2 Å². The second-order valence-corrected chi connectivity index (χ2v) is 4.43. The summed E-state index contributed by atoms with van der Waals surface area (Å²) in [5, 5.41) is 0. The smallest absolute Gasteiger partial charge is 0.169 e. The van der Waals surface area contributed by atoms with Crippen molar-refractivity contribution in [1.29, 1.82) is 0 Å². The van der Waals surface area contributed by atoms with Crippen molar-refractivity contribution < 1.29 is 9.13 Å². The molecule has 4 heteroatoms. The highest BCUT2D eigenvalue weighted by Crippen LogP contribution is 2.27. The molecule has 0 aliphatic rings. The monoisotopic (exact) mass is 254 g/mol. The third kappa shape index (κ3) is 3.96. The zero-order valence-corrected chi connectivity index (χ0v) is 11.2. The number of halogens is 1. The summed E-state index contributed by atoms with van der Waals surface area (Å²) in [5.41, 5.74) is 3.27. The number of nitrogens with one attached hydrogen (secondary N) is 1.